The molecule has 0 radical (unpaired) electrons. The third-order valence-electron chi connectivity index (χ3n) is 3.87. The van der Waals surface area contributed by atoms with Crippen molar-refractivity contribution in [1.29, 1.82) is 0 Å². The van der Waals surface area contributed by atoms with E-state index in [1.165, 1.54) is 37.4 Å². The number of aliphatic hydroxyl groups is 1. The van der Waals surface area contributed by atoms with Gasteiger partial charge >= 0.3 is 0 Å². The van der Waals surface area contributed by atoms with E-state index in [-0.39, 0.29) is 5.91 Å². The highest BCUT2D eigenvalue weighted by Gasteiger charge is 2.19. The summed E-state index contributed by atoms with van der Waals surface area (Å²) in [4.78, 5) is 17.7. The van der Waals surface area contributed by atoms with Gasteiger partial charge in [0.25, 0.3) is 5.91 Å². The van der Waals surface area contributed by atoms with Gasteiger partial charge in [-0.05, 0) is 31.9 Å². The molecular formula is C18H30N2O2S2. The topological polar surface area (TPSA) is 62.2 Å². The van der Waals surface area contributed by atoms with Crippen LogP contribution in [0.2, 0.25) is 0 Å². The van der Waals surface area contributed by atoms with E-state index in [4.69, 9.17) is 0 Å². The standard InChI is InChI=1S/C18H30N2O2S2/c1-5-6-7-8-9-10-11-14(21)17(22)20-16-15(23-3)12-13(2)19-18(16)24-4/h12,14,21H,5-11H2,1-4H3,(H,20,22)/t14-/m1/s1. The molecule has 0 saturated heterocycles. The second-order valence-electron chi connectivity index (χ2n) is 5.91. The predicted octanol–water partition coefficient (Wildman–Crippen LogP) is 4.88. The fourth-order valence-electron chi connectivity index (χ4n) is 2.50. The molecule has 0 aliphatic rings. The molecule has 6 heteroatoms. The van der Waals surface area contributed by atoms with Crippen LogP contribution in [0.3, 0.4) is 0 Å². The molecule has 0 saturated carbocycles. The van der Waals surface area contributed by atoms with Crippen LogP contribution in [-0.2, 0) is 4.79 Å². The molecule has 0 aliphatic carbocycles. The van der Waals surface area contributed by atoms with Crippen molar-refractivity contribution in [2.75, 3.05) is 17.8 Å². The fourth-order valence-corrected chi connectivity index (χ4v) is 3.80. The SMILES string of the molecule is CCCCCCCC[C@@H](O)C(=O)Nc1c(SC)cc(C)nc1SC. The predicted molar refractivity (Wildman–Crippen MR) is 105 cm³/mol. The number of unbranched alkanes of at least 4 members (excludes halogenated alkanes) is 5. The highest BCUT2D eigenvalue weighted by Crippen LogP contribution is 2.33. The number of carbonyl (C=O) groups is 1. The number of pyridine rings is 1. The van der Waals surface area contributed by atoms with Crippen LogP contribution in [0, 0.1) is 6.92 Å². The molecule has 0 aromatic carbocycles. The van der Waals surface area contributed by atoms with Gasteiger partial charge in [-0.3, -0.25) is 4.79 Å². The molecule has 4 nitrogen and oxygen atoms in total. The van der Waals surface area contributed by atoms with E-state index >= 15 is 0 Å². The summed E-state index contributed by atoms with van der Waals surface area (Å²) in [5.41, 5.74) is 1.64. The Balaban J connectivity index is 2.57. The lowest BCUT2D eigenvalue weighted by Gasteiger charge is -2.16. The van der Waals surface area contributed by atoms with Gasteiger partial charge in [0.15, 0.2) is 0 Å². The van der Waals surface area contributed by atoms with Gasteiger partial charge in [-0.25, -0.2) is 4.98 Å². The van der Waals surface area contributed by atoms with Crippen LogP contribution in [-0.4, -0.2) is 34.6 Å². The highest BCUT2D eigenvalue weighted by molar-refractivity contribution is 7.99. The van der Waals surface area contributed by atoms with E-state index in [0.29, 0.717) is 12.1 Å². The second kappa shape index (κ2) is 11.8. The Hall–Kier alpha value is -0.720. The first-order chi connectivity index (χ1) is 11.5. The van der Waals surface area contributed by atoms with Crippen LogP contribution in [0.25, 0.3) is 0 Å². The molecule has 1 atom stereocenters. The van der Waals surface area contributed by atoms with Gasteiger partial charge < -0.3 is 10.4 Å². The zero-order valence-corrected chi connectivity index (χ0v) is 16.9. The largest absolute Gasteiger partial charge is 0.383 e. The van der Waals surface area contributed by atoms with E-state index in [1.54, 1.807) is 11.8 Å². The zero-order valence-electron chi connectivity index (χ0n) is 15.2. The van der Waals surface area contributed by atoms with E-state index in [1.807, 2.05) is 25.5 Å². The third-order valence-corrected chi connectivity index (χ3v) is 5.32. The first-order valence-corrected chi connectivity index (χ1v) is 11.1. The maximum atomic E-state index is 12.3. The Morgan fingerprint density at radius 2 is 1.88 bits per heavy atom. The zero-order chi connectivity index (χ0) is 17.9. The molecule has 0 fully saturated rings. The number of carbonyl (C=O) groups excluding carboxylic acids is 1. The summed E-state index contributed by atoms with van der Waals surface area (Å²) >= 11 is 3.07. The summed E-state index contributed by atoms with van der Waals surface area (Å²) in [6.45, 7) is 4.14. The molecule has 1 amide bonds. The monoisotopic (exact) mass is 370 g/mol. The van der Waals surface area contributed by atoms with E-state index in [9.17, 15) is 9.90 Å². The van der Waals surface area contributed by atoms with Crippen molar-refractivity contribution >= 4 is 35.1 Å². The summed E-state index contributed by atoms with van der Waals surface area (Å²) in [6.07, 6.45) is 10.3. The first-order valence-electron chi connectivity index (χ1n) is 8.62. The molecule has 0 unspecified atom stereocenters. The minimum atomic E-state index is -0.957. The Bertz CT molecular complexity index is 499. The molecular weight excluding hydrogens is 340 g/mol. The summed E-state index contributed by atoms with van der Waals surface area (Å²) in [7, 11) is 0. The summed E-state index contributed by atoms with van der Waals surface area (Å²) in [5.74, 6) is -0.334. The summed E-state index contributed by atoms with van der Waals surface area (Å²) < 4.78 is 0. The number of hydrogen-bond acceptors (Lipinski definition) is 5. The fraction of sp³-hybridized carbons (Fsp3) is 0.667. The van der Waals surface area contributed by atoms with Crippen LogP contribution in [0.4, 0.5) is 5.69 Å². The molecule has 0 aliphatic heterocycles. The van der Waals surface area contributed by atoms with Gasteiger partial charge in [0.05, 0.1) is 5.69 Å². The van der Waals surface area contributed by atoms with Gasteiger partial charge in [0, 0.05) is 10.6 Å². The van der Waals surface area contributed by atoms with Crippen molar-refractivity contribution in [3.63, 3.8) is 0 Å². The maximum Gasteiger partial charge on any atom is 0.253 e. The molecule has 1 aromatic rings. The molecule has 1 heterocycles. The minimum Gasteiger partial charge on any atom is -0.383 e. The number of aryl methyl sites for hydroxylation is 1. The lowest BCUT2D eigenvalue weighted by Crippen LogP contribution is -2.28. The normalized spacial score (nSPS) is 12.2. The molecule has 0 spiro atoms. The van der Waals surface area contributed by atoms with Crippen molar-refractivity contribution < 1.29 is 9.90 Å². The lowest BCUT2D eigenvalue weighted by molar-refractivity contribution is -0.124. The van der Waals surface area contributed by atoms with Gasteiger partial charge in [0.1, 0.15) is 11.1 Å². The van der Waals surface area contributed by atoms with E-state index in [0.717, 1.165) is 28.5 Å². The average molecular weight is 371 g/mol. The number of hydrogen-bond donors (Lipinski definition) is 2. The smallest absolute Gasteiger partial charge is 0.253 e. The van der Waals surface area contributed by atoms with Crippen LogP contribution < -0.4 is 5.32 Å². The van der Waals surface area contributed by atoms with Crippen LogP contribution in [0.15, 0.2) is 16.0 Å². The molecule has 1 rings (SSSR count). The van der Waals surface area contributed by atoms with E-state index < -0.39 is 6.10 Å². The number of aliphatic hydroxyl groups excluding tert-OH is 1. The highest BCUT2D eigenvalue weighted by atomic mass is 32.2. The number of amides is 1. The summed E-state index contributed by atoms with van der Waals surface area (Å²) in [5, 5.41) is 13.8. The molecule has 136 valence electrons. The van der Waals surface area contributed by atoms with Gasteiger partial charge in [-0.15, -0.1) is 23.5 Å². The Labute approximate surface area is 154 Å². The van der Waals surface area contributed by atoms with Crippen molar-refractivity contribution in [2.24, 2.45) is 0 Å². The molecule has 24 heavy (non-hydrogen) atoms. The van der Waals surface area contributed by atoms with Crippen molar-refractivity contribution in [3.05, 3.63) is 11.8 Å². The number of nitrogens with one attached hydrogen (secondary N) is 1. The number of anilines is 1. The van der Waals surface area contributed by atoms with Gasteiger partial charge in [0.2, 0.25) is 0 Å². The Morgan fingerprint density at radius 1 is 1.21 bits per heavy atom. The van der Waals surface area contributed by atoms with Crippen LogP contribution in [0.5, 0.6) is 0 Å². The first kappa shape index (κ1) is 21.3. The third kappa shape index (κ3) is 7.03. The second-order valence-corrected chi connectivity index (χ2v) is 7.55. The number of rotatable bonds is 11. The quantitative estimate of drug-likeness (QED) is 0.429. The van der Waals surface area contributed by atoms with Gasteiger partial charge in [-0.1, -0.05) is 45.4 Å². The van der Waals surface area contributed by atoms with E-state index in [2.05, 4.69) is 17.2 Å². The van der Waals surface area contributed by atoms with Crippen molar-refractivity contribution in [3.8, 4) is 0 Å². The average Bonchev–Trinajstić information content (AvgIpc) is 2.58. The molecule has 2 N–H and O–H groups in total. The number of thioether (sulfide) groups is 2. The van der Waals surface area contributed by atoms with Crippen LogP contribution >= 0.6 is 23.5 Å². The Morgan fingerprint density at radius 3 is 2.50 bits per heavy atom. The van der Waals surface area contributed by atoms with Crippen molar-refractivity contribution in [2.45, 2.75) is 74.8 Å². The number of aromatic nitrogens is 1. The Kier molecular flexibility index (Phi) is 10.5. The van der Waals surface area contributed by atoms with Gasteiger partial charge in [-0.2, -0.15) is 0 Å². The molecule has 1 aromatic heterocycles. The number of nitrogens with zero attached hydrogens (tertiary/aromatic N) is 1. The lowest BCUT2D eigenvalue weighted by atomic mass is 10.1. The van der Waals surface area contributed by atoms with Crippen LogP contribution in [0.1, 0.15) is 57.6 Å². The summed E-state index contributed by atoms with van der Waals surface area (Å²) in [6, 6.07) is 1.96. The van der Waals surface area contributed by atoms with Crippen molar-refractivity contribution in [1.82, 2.24) is 4.98 Å². The maximum absolute atomic E-state index is 12.3. The minimum absolute atomic E-state index is 0.334. The molecule has 0 bridgehead atoms.